The van der Waals surface area contributed by atoms with Gasteiger partial charge in [-0.1, -0.05) is 5.21 Å². The molecular weight excluding hydrogens is 228 g/mol. The summed E-state index contributed by atoms with van der Waals surface area (Å²) >= 11 is 0. The summed E-state index contributed by atoms with van der Waals surface area (Å²) in [7, 11) is 3.92. The molecular formula is C13H24N4O. The second-order valence-corrected chi connectivity index (χ2v) is 5.14. The number of hydrogen-bond donors (Lipinski definition) is 1. The van der Waals surface area contributed by atoms with Gasteiger partial charge in [0.2, 0.25) is 0 Å². The fraction of sp³-hybridized carbons (Fsp3) is 0.846. The van der Waals surface area contributed by atoms with Crippen molar-refractivity contribution in [2.45, 2.75) is 50.7 Å². The van der Waals surface area contributed by atoms with Crippen molar-refractivity contribution in [3.63, 3.8) is 0 Å². The number of nitrogens with zero attached hydrogens (tertiary/aromatic N) is 3. The van der Waals surface area contributed by atoms with E-state index in [4.69, 9.17) is 4.74 Å². The molecule has 5 heteroatoms. The molecule has 0 spiro atoms. The van der Waals surface area contributed by atoms with E-state index in [1.54, 1.807) is 4.68 Å². The lowest BCUT2D eigenvalue weighted by atomic mass is 9.99. The van der Waals surface area contributed by atoms with Crippen molar-refractivity contribution in [3.8, 4) is 0 Å². The Bertz CT molecular complexity index is 347. The zero-order valence-electron chi connectivity index (χ0n) is 11.4. The fourth-order valence-electron chi connectivity index (χ4n) is 2.51. The van der Waals surface area contributed by atoms with Gasteiger partial charge in [0.15, 0.2) is 0 Å². The van der Waals surface area contributed by atoms with Crippen molar-refractivity contribution < 1.29 is 4.74 Å². The molecule has 2 rings (SSSR count). The van der Waals surface area contributed by atoms with E-state index in [1.807, 2.05) is 20.3 Å². The molecule has 0 aliphatic carbocycles. The zero-order chi connectivity index (χ0) is 12.8. The van der Waals surface area contributed by atoms with Gasteiger partial charge in [-0.05, 0) is 39.2 Å². The van der Waals surface area contributed by atoms with Gasteiger partial charge in [0.1, 0.15) is 0 Å². The van der Waals surface area contributed by atoms with E-state index in [0.717, 1.165) is 31.6 Å². The number of aromatic nitrogens is 3. The van der Waals surface area contributed by atoms with Gasteiger partial charge in [-0.3, -0.25) is 4.68 Å². The molecule has 0 saturated carbocycles. The smallest absolute Gasteiger partial charge is 0.0842 e. The molecule has 18 heavy (non-hydrogen) atoms. The van der Waals surface area contributed by atoms with Crippen molar-refractivity contribution in [1.82, 2.24) is 20.3 Å². The van der Waals surface area contributed by atoms with Gasteiger partial charge in [-0.15, -0.1) is 5.10 Å². The lowest BCUT2D eigenvalue weighted by Gasteiger charge is -2.24. The van der Waals surface area contributed by atoms with Crippen molar-refractivity contribution >= 4 is 0 Å². The third kappa shape index (κ3) is 4.07. The van der Waals surface area contributed by atoms with Gasteiger partial charge in [-0.2, -0.15) is 0 Å². The molecule has 2 atom stereocenters. The van der Waals surface area contributed by atoms with Crippen LogP contribution < -0.4 is 5.32 Å². The Morgan fingerprint density at radius 2 is 2.44 bits per heavy atom. The molecule has 1 saturated heterocycles. The van der Waals surface area contributed by atoms with Crippen LogP contribution in [0.1, 0.15) is 37.8 Å². The van der Waals surface area contributed by atoms with E-state index < -0.39 is 0 Å². The summed E-state index contributed by atoms with van der Waals surface area (Å²) < 4.78 is 7.52. The minimum absolute atomic E-state index is 0.465. The summed E-state index contributed by atoms with van der Waals surface area (Å²) in [6.07, 6.45) is 9.45. The summed E-state index contributed by atoms with van der Waals surface area (Å²) in [5.74, 6) is 0. The highest BCUT2D eigenvalue weighted by atomic mass is 16.5. The first-order valence-electron chi connectivity index (χ1n) is 6.92. The number of hydrogen-bond acceptors (Lipinski definition) is 4. The monoisotopic (exact) mass is 252 g/mol. The molecule has 1 fully saturated rings. The molecule has 1 N–H and O–H groups in total. The van der Waals surface area contributed by atoms with Gasteiger partial charge in [-0.25, -0.2) is 0 Å². The summed E-state index contributed by atoms with van der Waals surface area (Å²) in [6.45, 7) is 0.943. The number of rotatable bonds is 6. The quantitative estimate of drug-likeness (QED) is 0.829. The van der Waals surface area contributed by atoms with E-state index >= 15 is 0 Å². The van der Waals surface area contributed by atoms with Crippen molar-refractivity contribution in [1.29, 1.82) is 0 Å². The van der Waals surface area contributed by atoms with E-state index in [0.29, 0.717) is 12.1 Å². The van der Waals surface area contributed by atoms with Gasteiger partial charge in [0, 0.05) is 32.3 Å². The van der Waals surface area contributed by atoms with Crippen molar-refractivity contribution in [2.24, 2.45) is 7.05 Å². The Morgan fingerprint density at radius 1 is 1.56 bits per heavy atom. The number of nitrogens with one attached hydrogen (secondary N) is 1. The first-order valence-corrected chi connectivity index (χ1v) is 6.92. The topological polar surface area (TPSA) is 52.0 Å². The third-order valence-electron chi connectivity index (χ3n) is 3.62. The van der Waals surface area contributed by atoms with Crippen molar-refractivity contribution in [2.75, 3.05) is 13.7 Å². The molecule has 2 unspecified atom stereocenters. The summed E-state index contributed by atoms with van der Waals surface area (Å²) in [5, 5.41) is 11.5. The Labute approximate surface area is 109 Å². The van der Waals surface area contributed by atoms with E-state index in [2.05, 4.69) is 15.6 Å². The van der Waals surface area contributed by atoms with E-state index in [-0.39, 0.29) is 0 Å². The molecule has 1 aliphatic rings. The number of aryl methyl sites for hydroxylation is 1. The lowest BCUT2D eigenvalue weighted by molar-refractivity contribution is 0.00868. The summed E-state index contributed by atoms with van der Waals surface area (Å²) in [6, 6.07) is 0.465. The van der Waals surface area contributed by atoms with Crippen LogP contribution in [-0.2, 0) is 18.2 Å². The van der Waals surface area contributed by atoms with Crippen LogP contribution >= 0.6 is 0 Å². The normalized spacial score (nSPS) is 22.0. The highest BCUT2D eigenvalue weighted by Gasteiger charge is 2.16. The molecule has 1 aromatic rings. The maximum Gasteiger partial charge on any atom is 0.0842 e. The first kappa shape index (κ1) is 13.5. The Kier molecular flexibility index (Phi) is 5.13. The van der Waals surface area contributed by atoms with Crippen molar-refractivity contribution in [3.05, 3.63) is 11.9 Å². The number of ether oxygens (including phenoxy) is 1. The van der Waals surface area contributed by atoms with Gasteiger partial charge < -0.3 is 10.1 Å². The predicted octanol–water partition coefficient (Wildman–Crippen LogP) is 1.29. The molecule has 0 bridgehead atoms. The molecule has 5 nitrogen and oxygen atoms in total. The predicted molar refractivity (Wildman–Crippen MR) is 70.4 cm³/mol. The van der Waals surface area contributed by atoms with Gasteiger partial charge in [0.25, 0.3) is 0 Å². The van der Waals surface area contributed by atoms with Crippen LogP contribution in [0.4, 0.5) is 0 Å². The molecule has 0 radical (unpaired) electrons. The average molecular weight is 252 g/mol. The largest absolute Gasteiger partial charge is 0.378 e. The summed E-state index contributed by atoms with van der Waals surface area (Å²) in [5.41, 5.74) is 1.06. The zero-order valence-corrected chi connectivity index (χ0v) is 11.4. The minimum atomic E-state index is 0.465. The van der Waals surface area contributed by atoms with Gasteiger partial charge in [0.05, 0.1) is 11.8 Å². The molecule has 2 heterocycles. The molecule has 0 aromatic carbocycles. The van der Waals surface area contributed by atoms with Crippen LogP contribution in [0.15, 0.2) is 6.20 Å². The lowest BCUT2D eigenvalue weighted by Crippen LogP contribution is -2.30. The van der Waals surface area contributed by atoms with E-state index in [9.17, 15) is 0 Å². The Balaban J connectivity index is 1.74. The van der Waals surface area contributed by atoms with Crippen LogP contribution in [0, 0.1) is 0 Å². The third-order valence-corrected chi connectivity index (χ3v) is 3.62. The SMILES string of the molecule is CNC(CCC1CCCCO1)Cc1cn(C)nn1. The standard InChI is InChI=1S/C13H24N4O/c1-14-11(9-12-10-17(2)16-15-12)6-7-13-5-3-4-8-18-13/h10-11,13-14H,3-9H2,1-2H3. The highest BCUT2D eigenvalue weighted by molar-refractivity contribution is 4.95. The maximum absolute atomic E-state index is 5.77. The molecule has 102 valence electrons. The highest BCUT2D eigenvalue weighted by Crippen LogP contribution is 2.18. The van der Waals surface area contributed by atoms with Gasteiger partial charge >= 0.3 is 0 Å². The van der Waals surface area contributed by atoms with Crippen LogP contribution in [0.3, 0.4) is 0 Å². The van der Waals surface area contributed by atoms with Crippen LogP contribution in [0.5, 0.6) is 0 Å². The maximum atomic E-state index is 5.77. The Hall–Kier alpha value is -0.940. The minimum Gasteiger partial charge on any atom is -0.378 e. The average Bonchev–Trinajstić information content (AvgIpc) is 2.81. The Morgan fingerprint density at radius 3 is 3.06 bits per heavy atom. The first-order chi connectivity index (χ1) is 8.78. The summed E-state index contributed by atoms with van der Waals surface area (Å²) in [4.78, 5) is 0. The number of likely N-dealkylation sites (N-methyl/N-ethyl adjacent to an activating group) is 1. The second kappa shape index (κ2) is 6.85. The second-order valence-electron chi connectivity index (χ2n) is 5.14. The van der Waals surface area contributed by atoms with Crippen LogP contribution in [0.25, 0.3) is 0 Å². The molecule has 0 amide bonds. The van der Waals surface area contributed by atoms with Crippen LogP contribution in [-0.4, -0.2) is 40.8 Å². The molecule has 1 aromatic heterocycles. The fourth-order valence-corrected chi connectivity index (χ4v) is 2.51. The van der Waals surface area contributed by atoms with Crippen LogP contribution in [0.2, 0.25) is 0 Å². The molecule has 1 aliphatic heterocycles. The van der Waals surface area contributed by atoms with E-state index in [1.165, 1.54) is 19.3 Å².